The second-order valence-electron chi connectivity index (χ2n) is 6.13. The van der Waals surface area contributed by atoms with Crippen molar-refractivity contribution in [1.29, 1.82) is 0 Å². The van der Waals surface area contributed by atoms with E-state index in [0.29, 0.717) is 0 Å². The molecule has 1 fully saturated rings. The van der Waals surface area contributed by atoms with E-state index in [1.807, 2.05) is 48.5 Å². The number of benzene rings is 2. The summed E-state index contributed by atoms with van der Waals surface area (Å²) < 4.78 is 5.55. The van der Waals surface area contributed by atoms with Crippen molar-refractivity contribution in [3.63, 3.8) is 0 Å². The molecule has 0 bridgehead atoms. The fraction of sp³-hybridized carbons (Fsp3) is 0.150. The lowest BCUT2D eigenvalue weighted by Gasteiger charge is -2.41. The van der Waals surface area contributed by atoms with Crippen LogP contribution in [0.1, 0.15) is 5.76 Å². The van der Waals surface area contributed by atoms with Crippen molar-refractivity contribution in [2.24, 2.45) is 0 Å². The van der Waals surface area contributed by atoms with Crippen molar-refractivity contribution in [2.75, 3.05) is 23.1 Å². The van der Waals surface area contributed by atoms with Crippen molar-refractivity contribution in [3.8, 4) is 0 Å². The Labute approximate surface area is 152 Å². The maximum absolute atomic E-state index is 5.83. The summed E-state index contributed by atoms with van der Waals surface area (Å²) in [6, 6.07) is 24.6. The number of nitrogens with one attached hydrogen (secondary N) is 1. The minimum atomic E-state index is 0.812. The molecule has 5 heteroatoms. The van der Waals surface area contributed by atoms with Crippen LogP contribution < -0.4 is 14.7 Å². The number of quaternary nitrogens is 1. The lowest BCUT2D eigenvalue weighted by molar-refractivity contribution is -0.914. The van der Waals surface area contributed by atoms with E-state index in [1.54, 1.807) is 6.26 Å². The van der Waals surface area contributed by atoms with Crippen molar-refractivity contribution < 1.29 is 9.32 Å². The summed E-state index contributed by atoms with van der Waals surface area (Å²) >= 11 is 5.83. The zero-order chi connectivity index (χ0) is 17.1. The Hall–Kier alpha value is -2.63. The van der Waals surface area contributed by atoms with E-state index in [-0.39, 0.29) is 0 Å². The van der Waals surface area contributed by atoms with Crippen molar-refractivity contribution in [1.82, 2.24) is 0 Å². The van der Waals surface area contributed by atoms with E-state index in [1.165, 1.54) is 4.90 Å². The summed E-state index contributed by atoms with van der Waals surface area (Å²) in [6.45, 7) is 2.45. The largest absolute Gasteiger partial charge is 0.463 e. The monoisotopic (exact) mass is 350 g/mol. The summed E-state index contributed by atoms with van der Waals surface area (Å²) in [7, 11) is 0. The maximum Gasteiger partial charge on any atom is 0.189 e. The fourth-order valence-electron chi connectivity index (χ4n) is 3.17. The number of furan rings is 1. The molecule has 1 aliphatic rings. The summed E-state index contributed by atoms with van der Waals surface area (Å²) in [4.78, 5) is 5.77. The van der Waals surface area contributed by atoms with E-state index >= 15 is 0 Å². The minimum Gasteiger partial charge on any atom is -0.463 e. The average Bonchev–Trinajstić information content (AvgIpc) is 3.17. The predicted octanol–water partition coefficient (Wildman–Crippen LogP) is 2.89. The molecule has 0 amide bonds. The number of rotatable bonds is 4. The molecular weight excluding hydrogens is 330 g/mol. The third-order valence-corrected chi connectivity index (χ3v) is 4.81. The summed E-state index contributed by atoms with van der Waals surface area (Å²) in [5.41, 5.74) is 2.23. The predicted molar refractivity (Wildman–Crippen MR) is 104 cm³/mol. The molecule has 25 heavy (non-hydrogen) atoms. The van der Waals surface area contributed by atoms with Gasteiger partial charge in [0.1, 0.15) is 6.54 Å². The molecule has 1 aliphatic heterocycles. The lowest BCUT2D eigenvalue weighted by atomic mass is 10.2. The molecule has 4 rings (SSSR count). The molecule has 2 heterocycles. The van der Waals surface area contributed by atoms with Gasteiger partial charge >= 0.3 is 0 Å². The number of hydrogen-bond acceptors (Lipinski definition) is 2. The zero-order valence-electron chi connectivity index (χ0n) is 13.8. The standard InChI is InChI=1S/C20H19N3OS/c25-20-22(17-8-3-1-4-9-17)15-21(14-19-12-7-13-24-19)16-23(20)18-10-5-2-6-11-18/h1-13H,14-16H2/p+1. The molecule has 0 saturated carbocycles. The Balaban J connectivity index is 1.65. The van der Waals surface area contributed by atoms with E-state index in [2.05, 4.69) is 34.1 Å². The number of anilines is 2. The van der Waals surface area contributed by atoms with Gasteiger partial charge in [0.25, 0.3) is 0 Å². The quantitative estimate of drug-likeness (QED) is 0.731. The Morgan fingerprint density at radius 2 is 1.36 bits per heavy atom. The van der Waals surface area contributed by atoms with Crippen LogP contribution in [0, 0.1) is 0 Å². The van der Waals surface area contributed by atoms with Crippen LogP contribution in [-0.2, 0) is 6.54 Å². The van der Waals surface area contributed by atoms with Crippen molar-refractivity contribution in [3.05, 3.63) is 84.8 Å². The number of thiocarbonyl (C=S) groups is 1. The Bertz CT molecular complexity index is 769. The SMILES string of the molecule is S=C1N(c2ccccc2)C[NH+](Cc2ccco2)CN1c1ccccc1. The topological polar surface area (TPSA) is 24.1 Å². The van der Waals surface area contributed by atoms with Crippen molar-refractivity contribution >= 4 is 28.7 Å². The molecule has 0 spiro atoms. The van der Waals surface area contributed by atoms with Crippen LogP contribution in [0.5, 0.6) is 0 Å². The normalized spacial score (nSPS) is 15.6. The van der Waals surface area contributed by atoms with Crippen LogP contribution in [-0.4, -0.2) is 18.4 Å². The molecule has 0 radical (unpaired) electrons. The van der Waals surface area contributed by atoms with Crippen LogP contribution in [0.2, 0.25) is 0 Å². The van der Waals surface area contributed by atoms with E-state index in [0.717, 1.165) is 42.1 Å². The smallest absolute Gasteiger partial charge is 0.189 e. The van der Waals surface area contributed by atoms with Gasteiger partial charge in [0.2, 0.25) is 0 Å². The van der Waals surface area contributed by atoms with Gasteiger partial charge in [-0.2, -0.15) is 0 Å². The van der Waals surface area contributed by atoms with Gasteiger partial charge < -0.3 is 4.42 Å². The van der Waals surface area contributed by atoms with Gasteiger partial charge in [-0.05, 0) is 48.6 Å². The number of para-hydroxylation sites is 2. The first-order chi connectivity index (χ1) is 12.3. The van der Waals surface area contributed by atoms with Crippen LogP contribution in [0.25, 0.3) is 0 Å². The van der Waals surface area contributed by atoms with E-state index in [9.17, 15) is 0 Å². The van der Waals surface area contributed by atoms with Crippen molar-refractivity contribution in [2.45, 2.75) is 6.54 Å². The van der Waals surface area contributed by atoms with Gasteiger partial charge in [-0.25, -0.2) is 0 Å². The molecule has 3 aromatic rings. The number of hydrogen-bond donors (Lipinski definition) is 1. The van der Waals surface area contributed by atoms with Crippen LogP contribution in [0.15, 0.2) is 83.5 Å². The first kappa shape index (κ1) is 15.9. The van der Waals surface area contributed by atoms with Crippen LogP contribution in [0.4, 0.5) is 11.4 Å². The molecule has 0 unspecified atom stereocenters. The van der Waals surface area contributed by atoms with Crippen LogP contribution >= 0.6 is 12.2 Å². The Morgan fingerprint density at radius 3 is 1.84 bits per heavy atom. The average molecular weight is 350 g/mol. The van der Waals surface area contributed by atoms with Gasteiger partial charge in [0, 0.05) is 11.4 Å². The Morgan fingerprint density at radius 1 is 0.800 bits per heavy atom. The second kappa shape index (κ2) is 7.09. The molecule has 0 aliphatic carbocycles. The van der Waals surface area contributed by atoms with Gasteiger partial charge in [0.15, 0.2) is 24.2 Å². The highest BCUT2D eigenvalue weighted by molar-refractivity contribution is 7.80. The molecule has 126 valence electrons. The fourth-order valence-corrected chi connectivity index (χ4v) is 3.51. The lowest BCUT2D eigenvalue weighted by Crippen LogP contribution is -3.16. The van der Waals surface area contributed by atoms with Crippen LogP contribution in [0.3, 0.4) is 0 Å². The van der Waals surface area contributed by atoms with E-state index < -0.39 is 0 Å². The summed E-state index contributed by atoms with van der Waals surface area (Å²) in [5.74, 6) is 0.990. The minimum absolute atomic E-state index is 0.812. The van der Waals surface area contributed by atoms with Gasteiger partial charge in [-0.15, -0.1) is 0 Å². The Kier molecular flexibility index (Phi) is 4.50. The second-order valence-corrected chi connectivity index (χ2v) is 6.50. The molecule has 1 aromatic heterocycles. The van der Waals surface area contributed by atoms with E-state index in [4.69, 9.17) is 16.6 Å². The summed E-state index contributed by atoms with van der Waals surface area (Å²) in [6.07, 6.45) is 1.73. The third kappa shape index (κ3) is 3.43. The summed E-state index contributed by atoms with van der Waals surface area (Å²) in [5, 5.41) is 0.834. The molecule has 4 nitrogen and oxygen atoms in total. The molecule has 0 atom stereocenters. The molecule has 1 N–H and O–H groups in total. The molecular formula is C20H20N3OS+. The molecule has 2 aromatic carbocycles. The number of nitrogens with zero attached hydrogens (tertiary/aromatic N) is 2. The first-order valence-corrected chi connectivity index (χ1v) is 8.77. The van der Waals surface area contributed by atoms with Gasteiger partial charge in [0.05, 0.1) is 6.26 Å². The van der Waals surface area contributed by atoms with Gasteiger partial charge in [-0.3, -0.25) is 14.7 Å². The maximum atomic E-state index is 5.83. The first-order valence-electron chi connectivity index (χ1n) is 8.36. The highest BCUT2D eigenvalue weighted by Crippen LogP contribution is 2.21. The highest BCUT2D eigenvalue weighted by Gasteiger charge is 2.32. The highest BCUT2D eigenvalue weighted by atomic mass is 32.1. The zero-order valence-corrected chi connectivity index (χ0v) is 14.7. The molecule has 1 saturated heterocycles. The third-order valence-electron chi connectivity index (χ3n) is 4.37. The van der Waals surface area contributed by atoms with Gasteiger partial charge in [-0.1, -0.05) is 36.4 Å².